The SMILES string of the molecule is Cc1cc(C)c(NC(=O)/C(C#N)=C\Nc2ccc(C(N)=O)cc2)c(C)c1. The molecule has 6 heteroatoms. The first-order chi connectivity index (χ1) is 12.3. The van der Waals surface area contributed by atoms with Gasteiger partial charge >= 0.3 is 0 Å². The molecule has 0 heterocycles. The molecule has 0 fully saturated rings. The van der Waals surface area contributed by atoms with Crippen molar-refractivity contribution in [1.82, 2.24) is 0 Å². The molecular weight excluding hydrogens is 328 g/mol. The van der Waals surface area contributed by atoms with Gasteiger partial charge in [0, 0.05) is 23.1 Å². The van der Waals surface area contributed by atoms with Gasteiger partial charge in [0.25, 0.3) is 5.91 Å². The van der Waals surface area contributed by atoms with Crippen molar-refractivity contribution in [3.05, 3.63) is 70.4 Å². The highest BCUT2D eigenvalue weighted by Crippen LogP contribution is 2.22. The van der Waals surface area contributed by atoms with E-state index in [0.29, 0.717) is 16.9 Å². The van der Waals surface area contributed by atoms with E-state index in [-0.39, 0.29) is 5.57 Å². The molecule has 26 heavy (non-hydrogen) atoms. The number of nitrogens with zero attached hydrogens (tertiary/aromatic N) is 1. The van der Waals surface area contributed by atoms with Gasteiger partial charge in [-0.1, -0.05) is 17.7 Å². The molecule has 132 valence electrons. The number of nitriles is 1. The molecule has 2 rings (SSSR count). The molecule has 0 bridgehead atoms. The van der Waals surface area contributed by atoms with Crippen molar-refractivity contribution in [2.24, 2.45) is 5.73 Å². The summed E-state index contributed by atoms with van der Waals surface area (Å²) < 4.78 is 0. The maximum Gasteiger partial charge on any atom is 0.267 e. The smallest absolute Gasteiger partial charge is 0.267 e. The fraction of sp³-hybridized carbons (Fsp3) is 0.150. The van der Waals surface area contributed by atoms with Crippen molar-refractivity contribution < 1.29 is 9.59 Å². The van der Waals surface area contributed by atoms with Gasteiger partial charge in [0.2, 0.25) is 5.91 Å². The first-order valence-electron chi connectivity index (χ1n) is 7.97. The minimum absolute atomic E-state index is 0.0663. The van der Waals surface area contributed by atoms with E-state index in [2.05, 4.69) is 10.6 Å². The van der Waals surface area contributed by atoms with Crippen LogP contribution in [0.25, 0.3) is 0 Å². The number of primary amides is 1. The van der Waals surface area contributed by atoms with Crippen LogP contribution < -0.4 is 16.4 Å². The van der Waals surface area contributed by atoms with Gasteiger partial charge in [0.05, 0.1) is 0 Å². The minimum atomic E-state index is -0.520. The van der Waals surface area contributed by atoms with Crippen LogP contribution in [0, 0.1) is 32.1 Å². The van der Waals surface area contributed by atoms with Crippen molar-refractivity contribution in [2.45, 2.75) is 20.8 Å². The average Bonchev–Trinajstić information content (AvgIpc) is 2.59. The van der Waals surface area contributed by atoms with Gasteiger partial charge in [-0.05, 0) is 56.2 Å². The maximum absolute atomic E-state index is 12.4. The number of carbonyl (C=O) groups is 2. The van der Waals surface area contributed by atoms with Crippen LogP contribution in [0.4, 0.5) is 11.4 Å². The predicted molar refractivity (Wildman–Crippen MR) is 102 cm³/mol. The highest BCUT2D eigenvalue weighted by Gasteiger charge is 2.12. The van der Waals surface area contributed by atoms with Gasteiger partial charge in [-0.25, -0.2) is 0 Å². The van der Waals surface area contributed by atoms with Gasteiger partial charge in [0.15, 0.2) is 0 Å². The van der Waals surface area contributed by atoms with Crippen LogP contribution in [0.5, 0.6) is 0 Å². The van der Waals surface area contributed by atoms with E-state index in [1.54, 1.807) is 24.3 Å². The summed E-state index contributed by atoms with van der Waals surface area (Å²) in [6, 6.07) is 12.2. The van der Waals surface area contributed by atoms with Crippen LogP contribution in [0.3, 0.4) is 0 Å². The molecule has 4 N–H and O–H groups in total. The molecule has 0 saturated carbocycles. The highest BCUT2D eigenvalue weighted by atomic mass is 16.2. The standard InChI is InChI=1S/C20H20N4O2/c1-12-8-13(2)18(14(3)9-12)24-20(26)16(10-21)11-23-17-6-4-15(5-7-17)19(22)25/h4-9,11,23H,1-3H3,(H2,22,25)(H,24,26)/b16-11-. The number of aryl methyl sites for hydroxylation is 3. The number of carbonyl (C=O) groups excluding carboxylic acids is 2. The lowest BCUT2D eigenvalue weighted by molar-refractivity contribution is -0.112. The van der Waals surface area contributed by atoms with Crippen molar-refractivity contribution in [1.29, 1.82) is 5.26 Å². The fourth-order valence-corrected chi connectivity index (χ4v) is 2.59. The van der Waals surface area contributed by atoms with Gasteiger partial charge in [0.1, 0.15) is 11.6 Å². The Labute approximate surface area is 152 Å². The topological polar surface area (TPSA) is 108 Å². The van der Waals surface area contributed by atoms with Crippen LogP contribution in [-0.2, 0) is 4.79 Å². The lowest BCUT2D eigenvalue weighted by atomic mass is 10.0. The Balaban J connectivity index is 2.15. The quantitative estimate of drug-likeness (QED) is 0.569. The number of anilines is 2. The number of rotatable bonds is 5. The summed E-state index contributed by atoms with van der Waals surface area (Å²) in [4.78, 5) is 23.5. The van der Waals surface area contributed by atoms with Crippen LogP contribution in [0.1, 0.15) is 27.0 Å². The molecule has 0 aliphatic heterocycles. The Hall–Kier alpha value is -3.59. The zero-order valence-electron chi connectivity index (χ0n) is 14.9. The third-order valence-corrected chi connectivity index (χ3v) is 3.83. The monoisotopic (exact) mass is 348 g/mol. The van der Waals surface area contributed by atoms with Crippen molar-refractivity contribution in [3.8, 4) is 6.07 Å². The number of benzene rings is 2. The molecule has 0 spiro atoms. The molecule has 0 aliphatic carbocycles. The second kappa shape index (κ2) is 7.99. The van der Waals surface area contributed by atoms with E-state index < -0.39 is 11.8 Å². The second-order valence-electron chi connectivity index (χ2n) is 5.98. The Kier molecular flexibility index (Phi) is 5.76. The summed E-state index contributed by atoms with van der Waals surface area (Å²) in [6.07, 6.45) is 1.33. The molecular formula is C20H20N4O2. The van der Waals surface area contributed by atoms with E-state index in [0.717, 1.165) is 16.7 Å². The molecule has 2 aromatic rings. The van der Waals surface area contributed by atoms with Crippen LogP contribution in [0.2, 0.25) is 0 Å². The van der Waals surface area contributed by atoms with Gasteiger partial charge in [-0.3, -0.25) is 9.59 Å². The Morgan fingerprint density at radius 3 is 2.15 bits per heavy atom. The Bertz CT molecular complexity index is 899. The lowest BCUT2D eigenvalue weighted by Crippen LogP contribution is -2.16. The summed E-state index contributed by atoms with van der Waals surface area (Å²) in [5, 5.41) is 14.9. The summed E-state index contributed by atoms with van der Waals surface area (Å²) in [5.41, 5.74) is 9.80. The summed E-state index contributed by atoms with van der Waals surface area (Å²) in [5.74, 6) is -1.02. The summed E-state index contributed by atoms with van der Waals surface area (Å²) >= 11 is 0. The molecule has 0 aromatic heterocycles. The molecule has 0 atom stereocenters. The molecule has 2 amide bonds. The molecule has 2 aromatic carbocycles. The number of hydrogen-bond donors (Lipinski definition) is 3. The molecule has 0 saturated heterocycles. The molecule has 0 aliphatic rings. The van der Waals surface area contributed by atoms with E-state index in [1.165, 1.54) is 6.20 Å². The third-order valence-electron chi connectivity index (χ3n) is 3.83. The number of nitrogens with one attached hydrogen (secondary N) is 2. The predicted octanol–water partition coefficient (Wildman–Crippen LogP) is 3.17. The first kappa shape index (κ1) is 18.7. The second-order valence-corrected chi connectivity index (χ2v) is 5.98. The van der Waals surface area contributed by atoms with Crippen LogP contribution in [-0.4, -0.2) is 11.8 Å². The van der Waals surface area contributed by atoms with E-state index >= 15 is 0 Å². The number of hydrogen-bond acceptors (Lipinski definition) is 4. The summed E-state index contributed by atoms with van der Waals surface area (Å²) in [7, 11) is 0. The largest absolute Gasteiger partial charge is 0.366 e. The fourth-order valence-electron chi connectivity index (χ4n) is 2.59. The van der Waals surface area contributed by atoms with E-state index in [9.17, 15) is 14.9 Å². The molecule has 6 nitrogen and oxygen atoms in total. The zero-order chi connectivity index (χ0) is 19.3. The van der Waals surface area contributed by atoms with Crippen molar-refractivity contribution in [2.75, 3.05) is 10.6 Å². The van der Waals surface area contributed by atoms with E-state index in [4.69, 9.17) is 5.73 Å². The van der Waals surface area contributed by atoms with E-state index in [1.807, 2.05) is 39.0 Å². The minimum Gasteiger partial charge on any atom is -0.366 e. The first-order valence-corrected chi connectivity index (χ1v) is 7.97. The third kappa shape index (κ3) is 4.48. The van der Waals surface area contributed by atoms with Crippen molar-refractivity contribution >= 4 is 23.2 Å². The van der Waals surface area contributed by atoms with Gasteiger partial charge < -0.3 is 16.4 Å². The van der Waals surface area contributed by atoms with Crippen molar-refractivity contribution in [3.63, 3.8) is 0 Å². The normalized spacial score (nSPS) is 10.8. The average molecular weight is 348 g/mol. The highest BCUT2D eigenvalue weighted by molar-refractivity contribution is 6.07. The van der Waals surface area contributed by atoms with Gasteiger partial charge in [-0.2, -0.15) is 5.26 Å². The number of amides is 2. The zero-order valence-corrected chi connectivity index (χ0v) is 14.9. The molecule has 0 radical (unpaired) electrons. The van der Waals surface area contributed by atoms with Crippen LogP contribution in [0.15, 0.2) is 48.2 Å². The molecule has 0 unspecified atom stereocenters. The Morgan fingerprint density at radius 1 is 1.08 bits per heavy atom. The van der Waals surface area contributed by atoms with Gasteiger partial charge in [-0.15, -0.1) is 0 Å². The number of nitrogens with two attached hydrogens (primary N) is 1. The summed E-state index contributed by atoms with van der Waals surface area (Å²) in [6.45, 7) is 5.80. The maximum atomic E-state index is 12.4. The van der Waals surface area contributed by atoms with Crippen LogP contribution >= 0.6 is 0 Å². The lowest BCUT2D eigenvalue weighted by Gasteiger charge is -2.12. The Morgan fingerprint density at radius 2 is 1.65 bits per heavy atom.